The smallest absolute Gasteiger partial charge is 0.416 e. The molecule has 1 amide bonds. The van der Waals surface area contributed by atoms with E-state index in [-0.39, 0.29) is 43.4 Å². The summed E-state index contributed by atoms with van der Waals surface area (Å²) in [4.78, 5) is 26.1. The van der Waals surface area contributed by atoms with E-state index in [0.29, 0.717) is 18.6 Å². The summed E-state index contributed by atoms with van der Waals surface area (Å²) >= 11 is 0. The second-order valence-electron chi connectivity index (χ2n) is 9.32. The molecule has 2 aromatic rings. The van der Waals surface area contributed by atoms with Crippen LogP contribution in [0, 0.1) is 0 Å². The van der Waals surface area contributed by atoms with Crippen LogP contribution in [0.2, 0.25) is 0 Å². The van der Waals surface area contributed by atoms with Crippen molar-refractivity contribution in [3.05, 3.63) is 64.2 Å². The van der Waals surface area contributed by atoms with E-state index in [4.69, 9.17) is 4.74 Å². The summed E-state index contributed by atoms with van der Waals surface area (Å²) in [6.45, 7) is 2.39. The van der Waals surface area contributed by atoms with E-state index in [0.717, 1.165) is 24.0 Å². The number of alkyl halides is 9. The highest BCUT2D eigenvalue weighted by atomic mass is 19.4. The highest BCUT2D eigenvalue weighted by Gasteiger charge is 2.39. The largest absolute Gasteiger partial charge is 0.466 e. The SMILES string of the molecule is CCC(COC=O)N1CCC(N(Cc2cc(C(F)(F)F)cc(C(F)(F)F)c2)C(C)=O)c2cc(C(F)(F)F)ccc21. The molecule has 5 nitrogen and oxygen atoms in total. The van der Waals surface area contributed by atoms with Gasteiger partial charge in [-0.05, 0) is 60.4 Å². The van der Waals surface area contributed by atoms with Crippen molar-refractivity contribution in [2.75, 3.05) is 18.1 Å². The lowest BCUT2D eigenvalue weighted by atomic mass is 9.91. The van der Waals surface area contributed by atoms with Gasteiger partial charge in [0.1, 0.15) is 6.61 Å². The summed E-state index contributed by atoms with van der Waals surface area (Å²) in [7, 11) is 0. The van der Waals surface area contributed by atoms with Crippen molar-refractivity contribution in [2.45, 2.75) is 63.8 Å². The van der Waals surface area contributed by atoms with Gasteiger partial charge in [0.15, 0.2) is 0 Å². The topological polar surface area (TPSA) is 49.9 Å². The number of anilines is 1. The molecule has 0 bridgehead atoms. The highest BCUT2D eigenvalue weighted by molar-refractivity contribution is 5.75. The van der Waals surface area contributed by atoms with Crippen LogP contribution in [0.15, 0.2) is 36.4 Å². The van der Waals surface area contributed by atoms with Gasteiger partial charge in [-0.2, -0.15) is 39.5 Å². The Morgan fingerprint density at radius 1 is 0.975 bits per heavy atom. The van der Waals surface area contributed by atoms with E-state index in [9.17, 15) is 49.1 Å². The van der Waals surface area contributed by atoms with Crippen LogP contribution >= 0.6 is 0 Å². The number of carbonyl (C=O) groups excluding carboxylic acids is 2. The molecule has 220 valence electrons. The number of carbonyl (C=O) groups is 2. The van der Waals surface area contributed by atoms with E-state index in [1.54, 1.807) is 11.8 Å². The van der Waals surface area contributed by atoms with Crippen LogP contribution in [0.3, 0.4) is 0 Å². The normalized spacial score (nSPS) is 16.8. The molecule has 40 heavy (non-hydrogen) atoms. The molecule has 0 radical (unpaired) electrons. The predicted octanol–water partition coefficient (Wildman–Crippen LogP) is 6.99. The van der Waals surface area contributed by atoms with E-state index in [1.807, 2.05) is 0 Å². The zero-order valence-electron chi connectivity index (χ0n) is 21.3. The molecule has 2 unspecified atom stereocenters. The molecule has 1 aliphatic rings. The summed E-state index contributed by atoms with van der Waals surface area (Å²) in [6, 6.07) is 2.24. The molecule has 1 aliphatic heterocycles. The first kappa shape index (κ1) is 31.1. The van der Waals surface area contributed by atoms with Crippen molar-refractivity contribution < 1.29 is 53.8 Å². The van der Waals surface area contributed by atoms with Crippen LogP contribution in [0.1, 0.15) is 60.5 Å². The van der Waals surface area contributed by atoms with Gasteiger partial charge in [0, 0.05) is 25.7 Å². The highest BCUT2D eigenvalue weighted by Crippen LogP contribution is 2.43. The molecule has 1 heterocycles. The lowest BCUT2D eigenvalue weighted by molar-refractivity contribution is -0.143. The third-order valence-electron chi connectivity index (χ3n) is 6.72. The number of hydrogen-bond acceptors (Lipinski definition) is 4. The standard InChI is InChI=1S/C26H25F9N2O3/c1-3-20(13-40-14-38)36-7-6-23(21-11-17(24(27,28)29)4-5-22(21)36)37(15(2)39)12-16-8-18(25(30,31)32)10-19(9-16)26(33,34)35/h4-5,8-11,14,20,23H,3,6-7,12-13H2,1-2H3. The Bertz CT molecular complexity index is 1190. The van der Waals surface area contributed by atoms with E-state index in [1.165, 1.54) is 6.07 Å². The minimum Gasteiger partial charge on any atom is -0.466 e. The first-order valence-electron chi connectivity index (χ1n) is 12.1. The van der Waals surface area contributed by atoms with Crippen molar-refractivity contribution >= 4 is 18.1 Å². The molecule has 3 rings (SSSR count). The summed E-state index contributed by atoms with van der Waals surface area (Å²) in [6.07, 6.45) is -14.6. The molecule has 2 aromatic carbocycles. The van der Waals surface area contributed by atoms with Crippen molar-refractivity contribution in [1.29, 1.82) is 0 Å². The van der Waals surface area contributed by atoms with E-state index < -0.39 is 65.3 Å². The molecule has 0 fully saturated rings. The number of nitrogens with zero attached hydrogens (tertiary/aromatic N) is 2. The van der Waals surface area contributed by atoms with Crippen molar-refractivity contribution in [1.82, 2.24) is 4.90 Å². The Hall–Kier alpha value is -3.45. The monoisotopic (exact) mass is 584 g/mol. The van der Waals surface area contributed by atoms with Gasteiger partial charge >= 0.3 is 18.5 Å². The van der Waals surface area contributed by atoms with Crippen LogP contribution in [-0.4, -0.2) is 36.5 Å². The van der Waals surface area contributed by atoms with Gasteiger partial charge < -0.3 is 14.5 Å². The van der Waals surface area contributed by atoms with Crippen molar-refractivity contribution in [3.63, 3.8) is 0 Å². The molecule has 0 aliphatic carbocycles. The van der Waals surface area contributed by atoms with Crippen LogP contribution in [0.5, 0.6) is 0 Å². The summed E-state index contributed by atoms with van der Waals surface area (Å²) in [5.74, 6) is -0.760. The maximum absolute atomic E-state index is 13.6. The number of benzene rings is 2. The van der Waals surface area contributed by atoms with Gasteiger partial charge in [0.05, 0.1) is 28.8 Å². The average molecular weight is 584 g/mol. The van der Waals surface area contributed by atoms with Crippen molar-refractivity contribution in [3.8, 4) is 0 Å². The van der Waals surface area contributed by atoms with Crippen LogP contribution < -0.4 is 4.90 Å². The molecule has 0 aromatic heterocycles. The van der Waals surface area contributed by atoms with Crippen LogP contribution in [-0.2, 0) is 39.4 Å². The first-order valence-corrected chi connectivity index (χ1v) is 12.1. The fraction of sp³-hybridized carbons (Fsp3) is 0.462. The number of amides is 1. The zero-order chi connectivity index (χ0) is 30.0. The van der Waals surface area contributed by atoms with Gasteiger partial charge in [-0.15, -0.1) is 0 Å². The second kappa shape index (κ2) is 11.6. The van der Waals surface area contributed by atoms with Gasteiger partial charge in [0.2, 0.25) is 5.91 Å². The number of halogens is 9. The second-order valence-corrected chi connectivity index (χ2v) is 9.32. The maximum atomic E-state index is 13.6. The van der Waals surface area contributed by atoms with Gasteiger partial charge in [-0.1, -0.05) is 6.92 Å². The lowest BCUT2D eigenvalue weighted by Gasteiger charge is -2.43. The lowest BCUT2D eigenvalue weighted by Crippen LogP contribution is -2.45. The van der Waals surface area contributed by atoms with Gasteiger partial charge in [-0.25, -0.2) is 0 Å². The minimum absolute atomic E-state index is 0.0105. The quantitative estimate of drug-likeness (QED) is 0.248. The van der Waals surface area contributed by atoms with E-state index >= 15 is 0 Å². The fourth-order valence-electron chi connectivity index (χ4n) is 4.83. The molecule has 2 atom stereocenters. The summed E-state index contributed by atoms with van der Waals surface area (Å²) in [5, 5.41) is 0. The fourth-order valence-corrected chi connectivity index (χ4v) is 4.83. The summed E-state index contributed by atoms with van der Waals surface area (Å²) in [5.41, 5.74) is -4.38. The van der Waals surface area contributed by atoms with E-state index in [2.05, 4.69) is 0 Å². The third kappa shape index (κ3) is 7.00. The third-order valence-corrected chi connectivity index (χ3v) is 6.72. The van der Waals surface area contributed by atoms with Crippen LogP contribution in [0.4, 0.5) is 45.2 Å². The minimum atomic E-state index is -5.12. The molecule has 0 saturated carbocycles. The Kier molecular flexibility index (Phi) is 8.99. The Morgan fingerprint density at radius 3 is 2.02 bits per heavy atom. The van der Waals surface area contributed by atoms with Gasteiger partial charge in [0.25, 0.3) is 6.47 Å². The molecule has 0 saturated heterocycles. The Balaban J connectivity index is 2.12. The Labute approximate surface area is 223 Å². The first-order chi connectivity index (χ1) is 18.5. The number of ether oxygens (including phenoxy) is 1. The predicted molar refractivity (Wildman–Crippen MR) is 125 cm³/mol. The average Bonchev–Trinajstić information content (AvgIpc) is 2.85. The molecular weight excluding hydrogens is 559 g/mol. The number of fused-ring (bicyclic) bond motifs is 1. The molecule has 0 spiro atoms. The Morgan fingerprint density at radius 2 is 1.55 bits per heavy atom. The number of rotatable bonds is 8. The summed E-state index contributed by atoms with van der Waals surface area (Å²) < 4.78 is 126. The molecular formula is C26H25F9N2O3. The molecule has 0 N–H and O–H groups in total. The maximum Gasteiger partial charge on any atom is 0.416 e. The molecule has 14 heteroatoms. The van der Waals surface area contributed by atoms with Crippen molar-refractivity contribution in [2.24, 2.45) is 0 Å². The van der Waals surface area contributed by atoms with Gasteiger partial charge in [-0.3, -0.25) is 9.59 Å². The number of hydrogen-bond donors (Lipinski definition) is 0. The zero-order valence-corrected chi connectivity index (χ0v) is 21.3. The van der Waals surface area contributed by atoms with Crippen LogP contribution in [0.25, 0.3) is 0 Å².